The molecule has 3 rings (SSSR count). The second-order valence-electron chi connectivity index (χ2n) is 6.96. The first kappa shape index (κ1) is 18.6. The molecule has 6 nitrogen and oxygen atoms in total. The highest BCUT2D eigenvalue weighted by molar-refractivity contribution is 7.09. The molecule has 1 N–H and O–H groups in total. The Kier molecular flexibility index (Phi) is 5.76. The first-order chi connectivity index (χ1) is 12.6. The Morgan fingerprint density at radius 2 is 2.04 bits per heavy atom. The summed E-state index contributed by atoms with van der Waals surface area (Å²) in [6.45, 7) is 4.32. The van der Waals surface area contributed by atoms with E-state index in [0.29, 0.717) is 25.9 Å². The lowest BCUT2D eigenvalue weighted by Crippen LogP contribution is -2.47. The Morgan fingerprint density at radius 3 is 2.65 bits per heavy atom. The van der Waals surface area contributed by atoms with Crippen LogP contribution in [0.2, 0.25) is 0 Å². The molecule has 1 aromatic rings. The number of amides is 4. The number of carbonyl (C=O) groups excluding carboxylic acids is 3. The number of hydrogen-bond donors (Lipinski definition) is 1. The van der Waals surface area contributed by atoms with Gasteiger partial charge >= 0.3 is 6.03 Å². The number of imide groups is 1. The van der Waals surface area contributed by atoms with E-state index in [4.69, 9.17) is 0 Å². The molecule has 0 atom stereocenters. The van der Waals surface area contributed by atoms with E-state index in [9.17, 15) is 14.4 Å². The van der Waals surface area contributed by atoms with Gasteiger partial charge in [0, 0.05) is 11.4 Å². The molecule has 0 radical (unpaired) electrons. The lowest BCUT2D eigenvalue weighted by molar-refractivity contribution is -0.139. The molecule has 1 spiro atoms. The molecule has 0 unspecified atom stereocenters. The summed E-state index contributed by atoms with van der Waals surface area (Å²) in [4.78, 5) is 41.9. The van der Waals surface area contributed by atoms with Crippen molar-refractivity contribution in [3.63, 3.8) is 0 Å². The SMILES string of the molecule is C=CCN(Cc1cccs1)C(=O)CN1C(=O)NC2(CCCCCC2)C1=O. The summed E-state index contributed by atoms with van der Waals surface area (Å²) < 4.78 is 0. The van der Waals surface area contributed by atoms with Crippen LogP contribution in [0.3, 0.4) is 0 Å². The van der Waals surface area contributed by atoms with Crippen LogP contribution in [0.1, 0.15) is 43.4 Å². The molecule has 140 valence electrons. The average Bonchev–Trinajstić information content (AvgIpc) is 3.11. The molecule has 1 saturated heterocycles. The van der Waals surface area contributed by atoms with Crippen molar-refractivity contribution in [1.82, 2.24) is 15.1 Å². The van der Waals surface area contributed by atoms with E-state index >= 15 is 0 Å². The highest BCUT2D eigenvalue weighted by Crippen LogP contribution is 2.32. The maximum atomic E-state index is 12.9. The smallest absolute Gasteiger partial charge is 0.325 e. The summed E-state index contributed by atoms with van der Waals surface area (Å²) >= 11 is 1.57. The fourth-order valence-corrected chi connectivity index (χ4v) is 4.45. The van der Waals surface area contributed by atoms with Gasteiger partial charge in [-0.2, -0.15) is 0 Å². The van der Waals surface area contributed by atoms with E-state index in [1.165, 1.54) is 0 Å². The molecular formula is C19H25N3O3S. The maximum Gasteiger partial charge on any atom is 0.325 e. The van der Waals surface area contributed by atoms with Gasteiger partial charge in [-0.3, -0.25) is 14.5 Å². The van der Waals surface area contributed by atoms with Crippen molar-refractivity contribution in [2.75, 3.05) is 13.1 Å². The summed E-state index contributed by atoms with van der Waals surface area (Å²) in [6.07, 6.45) is 6.99. The fraction of sp³-hybridized carbons (Fsp3) is 0.526. The van der Waals surface area contributed by atoms with Crippen LogP contribution in [0.25, 0.3) is 0 Å². The zero-order valence-corrected chi connectivity index (χ0v) is 15.7. The number of rotatable bonds is 6. The van der Waals surface area contributed by atoms with Gasteiger partial charge in [0.2, 0.25) is 5.91 Å². The average molecular weight is 375 g/mol. The third kappa shape index (κ3) is 3.82. The van der Waals surface area contributed by atoms with Crippen molar-refractivity contribution in [3.05, 3.63) is 35.0 Å². The van der Waals surface area contributed by atoms with Crippen molar-refractivity contribution in [2.24, 2.45) is 0 Å². The number of nitrogens with zero attached hydrogens (tertiary/aromatic N) is 2. The molecule has 0 aromatic carbocycles. The van der Waals surface area contributed by atoms with E-state index < -0.39 is 11.6 Å². The Balaban J connectivity index is 1.69. The van der Waals surface area contributed by atoms with Crippen LogP contribution >= 0.6 is 11.3 Å². The van der Waals surface area contributed by atoms with Crippen LogP contribution in [0.4, 0.5) is 4.79 Å². The standard InChI is InChI=1S/C19H25N3O3S/c1-2-11-21(13-15-8-7-12-26-15)16(23)14-22-17(24)19(20-18(22)25)9-5-3-4-6-10-19/h2,7-8,12H,1,3-6,9-11,13-14H2,(H,20,25). The van der Waals surface area contributed by atoms with Crippen LogP contribution in [-0.4, -0.2) is 46.3 Å². The highest BCUT2D eigenvalue weighted by Gasteiger charge is 2.51. The van der Waals surface area contributed by atoms with Crippen LogP contribution < -0.4 is 5.32 Å². The third-order valence-corrected chi connectivity index (χ3v) is 5.99. The van der Waals surface area contributed by atoms with Crippen LogP contribution in [-0.2, 0) is 16.1 Å². The quantitative estimate of drug-likeness (QED) is 0.614. The Bertz CT molecular complexity index is 678. The number of urea groups is 1. The number of thiophene rings is 1. The third-order valence-electron chi connectivity index (χ3n) is 5.13. The van der Waals surface area contributed by atoms with Crippen molar-refractivity contribution in [1.29, 1.82) is 0 Å². The predicted octanol–water partition coefficient (Wildman–Crippen LogP) is 2.91. The van der Waals surface area contributed by atoms with Gasteiger partial charge in [0.25, 0.3) is 5.91 Å². The molecule has 2 fully saturated rings. The lowest BCUT2D eigenvalue weighted by Gasteiger charge is -2.26. The zero-order valence-electron chi connectivity index (χ0n) is 14.9. The van der Waals surface area contributed by atoms with Crippen molar-refractivity contribution >= 4 is 29.2 Å². The second kappa shape index (κ2) is 8.03. The van der Waals surface area contributed by atoms with Gasteiger partial charge < -0.3 is 10.2 Å². The summed E-state index contributed by atoms with van der Waals surface area (Å²) in [7, 11) is 0. The lowest BCUT2D eigenvalue weighted by atomic mass is 9.90. The number of nitrogens with one attached hydrogen (secondary N) is 1. The fourth-order valence-electron chi connectivity index (χ4n) is 3.73. The molecule has 1 aliphatic heterocycles. The summed E-state index contributed by atoms with van der Waals surface area (Å²) in [6, 6.07) is 3.45. The van der Waals surface area contributed by atoms with Gasteiger partial charge in [-0.25, -0.2) is 4.79 Å². The number of carbonyl (C=O) groups is 3. The van der Waals surface area contributed by atoms with Gasteiger partial charge in [-0.15, -0.1) is 17.9 Å². The zero-order chi connectivity index (χ0) is 18.6. The highest BCUT2D eigenvalue weighted by atomic mass is 32.1. The van der Waals surface area contributed by atoms with Crippen molar-refractivity contribution in [2.45, 2.75) is 50.6 Å². The normalized spacial score (nSPS) is 19.3. The van der Waals surface area contributed by atoms with E-state index in [0.717, 1.165) is 35.5 Å². The Labute approximate surface area is 157 Å². The maximum absolute atomic E-state index is 12.9. The van der Waals surface area contributed by atoms with E-state index in [1.54, 1.807) is 22.3 Å². The topological polar surface area (TPSA) is 69.7 Å². The number of hydrogen-bond acceptors (Lipinski definition) is 4. The van der Waals surface area contributed by atoms with Gasteiger partial charge in [-0.05, 0) is 24.3 Å². The minimum atomic E-state index is -0.801. The molecule has 26 heavy (non-hydrogen) atoms. The van der Waals surface area contributed by atoms with Crippen molar-refractivity contribution < 1.29 is 14.4 Å². The molecule has 0 bridgehead atoms. The first-order valence-corrected chi connectivity index (χ1v) is 9.99. The largest absolute Gasteiger partial charge is 0.332 e. The Hall–Kier alpha value is -2.15. The predicted molar refractivity (Wildman–Crippen MR) is 101 cm³/mol. The van der Waals surface area contributed by atoms with Gasteiger partial charge in [0.1, 0.15) is 12.1 Å². The molecule has 2 aliphatic rings. The summed E-state index contributed by atoms with van der Waals surface area (Å²) in [5.74, 6) is -0.486. The molecule has 2 heterocycles. The molecule has 1 saturated carbocycles. The van der Waals surface area contributed by atoms with Crippen LogP contribution in [0.15, 0.2) is 30.2 Å². The van der Waals surface area contributed by atoms with E-state index in [-0.39, 0.29) is 18.4 Å². The Morgan fingerprint density at radius 1 is 1.31 bits per heavy atom. The van der Waals surface area contributed by atoms with Gasteiger partial charge in [-0.1, -0.05) is 37.8 Å². The van der Waals surface area contributed by atoms with Crippen molar-refractivity contribution in [3.8, 4) is 0 Å². The van der Waals surface area contributed by atoms with E-state index in [2.05, 4.69) is 11.9 Å². The molecular weight excluding hydrogens is 350 g/mol. The van der Waals surface area contributed by atoms with E-state index in [1.807, 2.05) is 17.5 Å². The van der Waals surface area contributed by atoms with Gasteiger partial charge in [0.05, 0.1) is 6.54 Å². The van der Waals surface area contributed by atoms with Gasteiger partial charge in [0.15, 0.2) is 0 Å². The second-order valence-corrected chi connectivity index (χ2v) is 7.99. The minimum absolute atomic E-state index is 0.217. The summed E-state index contributed by atoms with van der Waals surface area (Å²) in [5, 5.41) is 4.84. The molecule has 1 aromatic heterocycles. The monoisotopic (exact) mass is 375 g/mol. The van der Waals surface area contributed by atoms with Crippen LogP contribution in [0, 0.1) is 0 Å². The molecule has 1 aliphatic carbocycles. The molecule has 4 amide bonds. The molecule has 7 heteroatoms. The first-order valence-electron chi connectivity index (χ1n) is 9.11. The summed E-state index contributed by atoms with van der Waals surface area (Å²) in [5.41, 5.74) is -0.801. The van der Waals surface area contributed by atoms with Crippen LogP contribution in [0.5, 0.6) is 0 Å². The minimum Gasteiger partial charge on any atom is -0.332 e.